The van der Waals surface area contributed by atoms with Crippen LogP contribution in [0.5, 0.6) is 5.75 Å². The van der Waals surface area contributed by atoms with Gasteiger partial charge in [-0.05, 0) is 30.7 Å². The lowest BCUT2D eigenvalue weighted by Crippen LogP contribution is -2.27. The van der Waals surface area contributed by atoms with Gasteiger partial charge in [0.05, 0.1) is 18.6 Å². The van der Waals surface area contributed by atoms with Crippen LogP contribution in [0, 0.1) is 0 Å². The van der Waals surface area contributed by atoms with Crippen molar-refractivity contribution in [2.45, 2.75) is 19.8 Å². The fourth-order valence-corrected chi connectivity index (χ4v) is 1.90. The Bertz CT molecular complexity index is 638. The van der Waals surface area contributed by atoms with Crippen molar-refractivity contribution in [3.8, 4) is 5.75 Å². The average Bonchev–Trinajstić information content (AvgIpc) is 3.08. The van der Waals surface area contributed by atoms with Gasteiger partial charge >= 0.3 is 0 Å². The van der Waals surface area contributed by atoms with Gasteiger partial charge in [0.1, 0.15) is 5.75 Å². The van der Waals surface area contributed by atoms with Crippen molar-refractivity contribution in [3.63, 3.8) is 0 Å². The minimum Gasteiger partial charge on any atom is -0.491 e. The van der Waals surface area contributed by atoms with E-state index in [1.54, 1.807) is 18.2 Å². The first-order valence-corrected chi connectivity index (χ1v) is 7.54. The molecule has 0 atom stereocenters. The third kappa shape index (κ3) is 5.18. The Morgan fingerprint density at radius 1 is 1.17 bits per heavy atom. The van der Waals surface area contributed by atoms with Gasteiger partial charge in [0.15, 0.2) is 5.76 Å². The van der Waals surface area contributed by atoms with Crippen molar-refractivity contribution in [2.75, 3.05) is 18.5 Å². The SMILES string of the molecule is CCCOc1ccccc1NC(=O)CCNC(=O)c1ccco1. The van der Waals surface area contributed by atoms with Crippen LogP contribution in [0.15, 0.2) is 47.1 Å². The molecule has 0 aliphatic carbocycles. The number of benzene rings is 1. The molecular formula is C17H20N2O4. The lowest BCUT2D eigenvalue weighted by Gasteiger charge is -2.12. The van der Waals surface area contributed by atoms with Crippen LogP contribution in [0.4, 0.5) is 5.69 Å². The van der Waals surface area contributed by atoms with Crippen LogP contribution in [0.2, 0.25) is 0 Å². The van der Waals surface area contributed by atoms with Gasteiger partial charge < -0.3 is 19.8 Å². The Kier molecular flexibility index (Phi) is 6.23. The van der Waals surface area contributed by atoms with Crippen molar-refractivity contribution in [1.29, 1.82) is 0 Å². The molecule has 6 heteroatoms. The molecule has 0 aliphatic rings. The lowest BCUT2D eigenvalue weighted by molar-refractivity contribution is -0.116. The molecule has 23 heavy (non-hydrogen) atoms. The molecule has 1 heterocycles. The van der Waals surface area contributed by atoms with Crippen molar-refractivity contribution in [2.24, 2.45) is 0 Å². The van der Waals surface area contributed by atoms with Crippen LogP contribution in [0.25, 0.3) is 0 Å². The molecule has 0 bridgehead atoms. The minimum absolute atomic E-state index is 0.161. The second kappa shape index (κ2) is 8.63. The summed E-state index contributed by atoms with van der Waals surface area (Å²) in [5.41, 5.74) is 0.628. The Morgan fingerprint density at radius 3 is 2.74 bits per heavy atom. The summed E-state index contributed by atoms with van der Waals surface area (Å²) in [7, 11) is 0. The third-order valence-corrected chi connectivity index (χ3v) is 3.01. The second-order valence-electron chi connectivity index (χ2n) is 4.88. The van der Waals surface area contributed by atoms with E-state index in [4.69, 9.17) is 9.15 Å². The topological polar surface area (TPSA) is 80.6 Å². The van der Waals surface area contributed by atoms with Gasteiger partial charge in [0.2, 0.25) is 5.91 Å². The molecule has 0 spiro atoms. The fraction of sp³-hybridized carbons (Fsp3) is 0.294. The summed E-state index contributed by atoms with van der Waals surface area (Å²) in [6.45, 7) is 2.83. The number of amides is 2. The first-order chi connectivity index (χ1) is 11.2. The largest absolute Gasteiger partial charge is 0.491 e. The maximum atomic E-state index is 12.0. The summed E-state index contributed by atoms with van der Waals surface area (Å²) in [6, 6.07) is 10.5. The molecule has 6 nitrogen and oxygen atoms in total. The van der Waals surface area contributed by atoms with Crippen LogP contribution in [0.3, 0.4) is 0 Å². The molecule has 0 saturated heterocycles. The van der Waals surface area contributed by atoms with Crippen molar-refractivity contribution in [3.05, 3.63) is 48.4 Å². The van der Waals surface area contributed by atoms with E-state index in [-0.39, 0.29) is 30.5 Å². The molecule has 2 aromatic rings. The highest BCUT2D eigenvalue weighted by Gasteiger charge is 2.10. The number of para-hydroxylation sites is 2. The quantitative estimate of drug-likeness (QED) is 0.785. The predicted molar refractivity (Wildman–Crippen MR) is 86.5 cm³/mol. The van der Waals surface area contributed by atoms with Gasteiger partial charge in [-0.1, -0.05) is 19.1 Å². The fourth-order valence-electron chi connectivity index (χ4n) is 1.90. The molecule has 2 rings (SSSR count). The molecule has 2 N–H and O–H groups in total. The molecule has 0 unspecified atom stereocenters. The standard InChI is InChI=1S/C17H20N2O4/c1-2-11-22-14-7-4-3-6-13(14)19-16(20)9-10-18-17(21)15-8-5-12-23-15/h3-8,12H,2,9-11H2,1H3,(H,18,21)(H,19,20). The van der Waals surface area contributed by atoms with E-state index < -0.39 is 0 Å². The highest BCUT2D eigenvalue weighted by molar-refractivity contribution is 5.94. The number of ether oxygens (including phenoxy) is 1. The zero-order valence-corrected chi connectivity index (χ0v) is 13.0. The Hall–Kier alpha value is -2.76. The third-order valence-electron chi connectivity index (χ3n) is 3.01. The zero-order chi connectivity index (χ0) is 16.5. The summed E-state index contributed by atoms with van der Waals surface area (Å²) in [5.74, 6) is 0.331. The summed E-state index contributed by atoms with van der Waals surface area (Å²) >= 11 is 0. The number of hydrogen-bond acceptors (Lipinski definition) is 4. The second-order valence-corrected chi connectivity index (χ2v) is 4.88. The highest BCUT2D eigenvalue weighted by Crippen LogP contribution is 2.23. The van der Waals surface area contributed by atoms with Crippen molar-refractivity contribution >= 4 is 17.5 Å². The summed E-state index contributed by atoms with van der Waals surface area (Å²) in [4.78, 5) is 23.6. The van der Waals surface area contributed by atoms with Gasteiger partial charge in [-0.15, -0.1) is 0 Å². The van der Waals surface area contributed by atoms with Gasteiger partial charge in [0, 0.05) is 13.0 Å². The highest BCUT2D eigenvalue weighted by atomic mass is 16.5. The van der Waals surface area contributed by atoms with E-state index in [9.17, 15) is 9.59 Å². The lowest BCUT2D eigenvalue weighted by atomic mass is 10.2. The molecule has 1 aromatic heterocycles. The maximum absolute atomic E-state index is 12.0. The van der Waals surface area contributed by atoms with Crippen molar-refractivity contribution < 1.29 is 18.7 Å². The zero-order valence-electron chi connectivity index (χ0n) is 13.0. The minimum atomic E-state index is -0.338. The Morgan fingerprint density at radius 2 is 2.00 bits per heavy atom. The Balaban J connectivity index is 1.79. The summed E-state index contributed by atoms with van der Waals surface area (Å²) < 4.78 is 10.6. The molecule has 0 saturated carbocycles. The van der Waals surface area contributed by atoms with E-state index in [0.717, 1.165) is 6.42 Å². The van der Waals surface area contributed by atoms with Gasteiger partial charge in [0.25, 0.3) is 5.91 Å². The average molecular weight is 316 g/mol. The molecule has 1 aromatic carbocycles. The normalized spacial score (nSPS) is 10.1. The molecule has 2 amide bonds. The number of carbonyl (C=O) groups excluding carboxylic acids is 2. The van der Waals surface area contributed by atoms with Crippen molar-refractivity contribution in [1.82, 2.24) is 5.32 Å². The van der Waals surface area contributed by atoms with Crippen LogP contribution < -0.4 is 15.4 Å². The van der Waals surface area contributed by atoms with E-state index >= 15 is 0 Å². The Labute approximate surface area is 134 Å². The van der Waals surface area contributed by atoms with E-state index in [2.05, 4.69) is 10.6 Å². The molecule has 122 valence electrons. The smallest absolute Gasteiger partial charge is 0.286 e. The van der Waals surface area contributed by atoms with Gasteiger partial charge in [-0.2, -0.15) is 0 Å². The summed E-state index contributed by atoms with van der Waals surface area (Å²) in [5, 5.41) is 5.42. The number of carbonyl (C=O) groups is 2. The van der Waals surface area contributed by atoms with Gasteiger partial charge in [-0.3, -0.25) is 9.59 Å². The van der Waals surface area contributed by atoms with E-state index in [1.165, 1.54) is 6.26 Å². The molecule has 0 aliphatic heterocycles. The number of anilines is 1. The number of hydrogen-bond donors (Lipinski definition) is 2. The number of furan rings is 1. The first kappa shape index (κ1) is 16.6. The predicted octanol–water partition coefficient (Wildman–Crippen LogP) is 2.83. The first-order valence-electron chi connectivity index (χ1n) is 7.54. The number of rotatable bonds is 8. The maximum Gasteiger partial charge on any atom is 0.286 e. The summed E-state index contributed by atoms with van der Waals surface area (Å²) in [6.07, 6.45) is 2.48. The van der Waals surface area contributed by atoms with E-state index in [0.29, 0.717) is 18.0 Å². The molecule has 0 fully saturated rings. The molecular weight excluding hydrogens is 296 g/mol. The van der Waals surface area contributed by atoms with Gasteiger partial charge in [-0.25, -0.2) is 0 Å². The van der Waals surface area contributed by atoms with Crippen LogP contribution in [-0.4, -0.2) is 25.0 Å². The van der Waals surface area contributed by atoms with E-state index in [1.807, 2.05) is 25.1 Å². The van der Waals surface area contributed by atoms with Crippen LogP contribution in [0.1, 0.15) is 30.3 Å². The van der Waals surface area contributed by atoms with Crippen LogP contribution in [-0.2, 0) is 4.79 Å². The number of nitrogens with one attached hydrogen (secondary N) is 2. The molecule has 0 radical (unpaired) electrons. The monoisotopic (exact) mass is 316 g/mol. The van der Waals surface area contributed by atoms with Crippen LogP contribution >= 0.6 is 0 Å².